The van der Waals surface area contributed by atoms with Gasteiger partial charge in [-0.2, -0.15) is 5.10 Å². The van der Waals surface area contributed by atoms with Crippen molar-refractivity contribution in [2.24, 2.45) is 0 Å². The van der Waals surface area contributed by atoms with Crippen molar-refractivity contribution in [3.63, 3.8) is 0 Å². The molecule has 1 fully saturated rings. The average molecular weight is 250 g/mol. The van der Waals surface area contributed by atoms with Gasteiger partial charge in [0.2, 0.25) is 0 Å². The van der Waals surface area contributed by atoms with Gasteiger partial charge in [-0.25, -0.2) is 0 Å². The van der Waals surface area contributed by atoms with E-state index in [2.05, 4.69) is 35.8 Å². The molecule has 2 unspecified atom stereocenters. The molecule has 1 saturated heterocycles. The SMILES string of the molecule is Cc1cnn(CCNC(C)CC2CCCCN2)c1. The van der Waals surface area contributed by atoms with E-state index in [-0.39, 0.29) is 0 Å². The quantitative estimate of drug-likeness (QED) is 0.807. The third-order valence-electron chi connectivity index (χ3n) is 3.65. The van der Waals surface area contributed by atoms with Gasteiger partial charge in [-0.05, 0) is 45.2 Å². The minimum atomic E-state index is 0.581. The normalized spacial score (nSPS) is 22.0. The molecule has 18 heavy (non-hydrogen) atoms. The van der Waals surface area contributed by atoms with Crippen molar-refractivity contribution in [1.29, 1.82) is 0 Å². The van der Waals surface area contributed by atoms with E-state index < -0.39 is 0 Å². The Morgan fingerprint density at radius 3 is 3.11 bits per heavy atom. The molecular formula is C14H26N4. The van der Waals surface area contributed by atoms with Gasteiger partial charge in [0.25, 0.3) is 0 Å². The van der Waals surface area contributed by atoms with Crippen LogP contribution in [0, 0.1) is 6.92 Å². The van der Waals surface area contributed by atoms with E-state index in [1.54, 1.807) is 0 Å². The predicted octanol–water partition coefficient (Wildman–Crippen LogP) is 1.70. The molecule has 0 bridgehead atoms. The van der Waals surface area contributed by atoms with Crippen molar-refractivity contribution < 1.29 is 0 Å². The highest BCUT2D eigenvalue weighted by atomic mass is 15.3. The van der Waals surface area contributed by atoms with Crippen molar-refractivity contribution in [3.8, 4) is 0 Å². The molecule has 0 spiro atoms. The van der Waals surface area contributed by atoms with Crippen LogP contribution in [-0.4, -0.2) is 35.0 Å². The van der Waals surface area contributed by atoms with Crippen LogP contribution in [-0.2, 0) is 6.54 Å². The monoisotopic (exact) mass is 250 g/mol. The van der Waals surface area contributed by atoms with Gasteiger partial charge < -0.3 is 10.6 Å². The van der Waals surface area contributed by atoms with E-state index >= 15 is 0 Å². The van der Waals surface area contributed by atoms with Crippen LogP contribution in [0.2, 0.25) is 0 Å². The smallest absolute Gasteiger partial charge is 0.0534 e. The maximum atomic E-state index is 4.29. The average Bonchev–Trinajstić information content (AvgIpc) is 2.76. The molecule has 2 atom stereocenters. The summed E-state index contributed by atoms with van der Waals surface area (Å²) < 4.78 is 2.01. The Morgan fingerprint density at radius 2 is 2.44 bits per heavy atom. The molecule has 0 aliphatic carbocycles. The highest BCUT2D eigenvalue weighted by molar-refractivity contribution is 4.99. The highest BCUT2D eigenvalue weighted by Gasteiger charge is 2.15. The first kappa shape index (κ1) is 13.6. The molecule has 2 rings (SSSR count). The Balaban J connectivity index is 1.60. The molecule has 4 heteroatoms. The number of aromatic nitrogens is 2. The minimum absolute atomic E-state index is 0.581. The Hall–Kier alpha value is -0.870. The fourth-order valence-electron chi connectivity index (χ4n) is 2.65. The number of hydrogen-bond donors (Lipinski definition) is 2. The molecular weight excluding hydrogens is 224 g/mol. The number of piperidine rings is 1. The summed E-state index contributed by atoms with van der Waals surface area (Å²) in [5.74, 6) is 0. The predicted molar refractivity (Wildman–Crippen MR) is 74.7 cm³/mol. The molecule has 2 N–H and O–H groups in total. The maximum Gasteiger partial charge on any atom is 0.0534 e. The van der Waals surface area contributed by atoms with E-state index in [0.29, 0.717) is 12.1 Å². The number of nitrogens with zero attached hydrogens (tertiary/aromatic N) is 2. The molecule has 1 aliphatic heterocycles. The molecule has 0 radical (unpaired) electrons. The second-order valence-electron chi connectivity index (χ2n) is 5.52. The second kappa shape index (κ2) is 6.90. The fraction of sp³-hybridized carbons (Fsp3) is 0.786. The van der Waals surface area contributed by atoms with Gasteiger partial charge in [-0.1, -0.05) is 6.42 Å². The lowest BCUT2D eigenvalue weighted by molar-refractivity contribution is 0.342. The molecule has 1 aromatic heterocycles. The number of aryl methyl sites for hydroxylation is 1. The van der Waals surface area contributed by atoms with Gasteiger partial charge in [0, 0.05) is 24.8 Å². The molecule has 2 heterocycles. The number of nitrogens with one attached hydrogen (secondary N) is 2. The Labute approximate surface area is 110 Å². The number of hydrogen-bond acceptors (Lipinski definition) is 3. The van der Waals surface area contributed by atoms with Gasteiger partial charge >= 0.3 is 0 Å². The van der Waals surface area contributed by atoms with Crippen molar-refractivity contribution in [3.05, 3.63) is 18.0 Å². The molecule has 0 aromatic carbocycles. The minimum Gasteiger partial charge on any atom is -0.314 e. The zero-order valence-electron chi connectivity index (χ0n) is 11.7. The first-order chi connectivity index (χ1) is 8.74. The largest absolute Gasteiger partial charge is 0.314 e. The fourth-order valence-corrected chi connectivity index (χ4v) is 2.65. The summed E-state index contributed by atoms with van der Waals surface area (Å²) in [6, 6.07) is 1.30. The highest BCUT2D eigenvalue weighted by Crippen LogP contribution is 2.11. The molecule has 1 aliphatic rings. The standard InChI is InChI=1S/C14H26N4/c1-12-10-17-18(11-12)8-7-15-13(2)9-14-5-3-4-6-16-14/h10-11,13-16H,3-9H2,1-2H3. The van der Waals surface area contributed by atoms with Crippen LogP contribution >= 0.6 is 0 Å². The second-order valence-corrected chi connectivity index (χ2v) is 5.52. The van der Waals surface area contributed by atoms with Gasteiger partial charge in [0.05, 0.1) is 12.7 Å². The molecule has 1 aromatic rings. The van der Waals surface area contributed by atoms with Gasteiger partial charge in [-0.15, -0.1) is 0 Å². The lowest BCUT2D eigenvalue weighted by atomic mass is 9.99. The van der Waals surface area contributed by atoms with Crippen molar-refractivity contribution in [2.75, 3.05) is 13.1 Å². The van der Waals surface area contributed by atoms with Gasteiger partial charge in [0.15, 0.2) is 0 Å². The van der Waals surface area contributed by atoms with Crippen LogP contribution in [0.25, 0.3) is 0 Å². The summed E-state index contributed by atoms with van der Waals surface area (Å²) in [5, 5.41) is 11.5. The zero-order valence-corrected chi connectivity index (χ0v) is 11.7. The van der Waals surface area contributed by atoms with Crippen molar-refractivity contribution >= 4 is 0 Å². The van der Waals surface area contributed by atoms with E-state index in [4.69, 9.17) is 0 Å². The summed E-state index contributed by atoms with van der Waals surface area (Å²) in [6.07, 6.45) is 9.31. The van der Waals surface area contributed by atoms with Crippen LogP contribution in [0.4, 0.5) is 0 Å². The molecule has 0 amide bonds. The Bertz CT molecular complexity index is 341. The summed E-state index contributed by atoms with van der Waals surface area (Å²) in [4.78, 5) is 0. The van der Waals surface area contributed by atoms with Crippen LogP contribution in [0.15, 0.2) is 12.4 Å². The first-order valence-corrected chi connectivity index (χ1v) is 7.20. The van der Waals surface area contributed by atoms with Crippen molar-refractivity contribution in [1.82, 2.24) is 20.4 Å². The van der Waals surface area contributed by atoms with Gasteiger partial charge in [-0.3, -0.25) is 4.68 Å². The summed E-state index contributed by atoms with van der Waals surface area (Å²) in [5.41, 5.74) is 1.23. The number of rotatable bonds is 6. The maximum absolute atomic E-state index is 4.29. The summed E-state index contributed by atoms with van der Waals surface area (Å²) >= 11 is 0. The third-order valence-corrected chi connectivity index (χ3v) is 3.65. The Kier molecular flexibility index (Phi) is 5.20. The van der Waals surface area contributed by atoms with Crippen LogP contribution in [0.1, 0.15) is 38.2 Å². The van der Waals surface area contributed by atoms with E-state index in [0.717, 1.165) is 13.1 Å². The van der Waals surface area contributed by atoms with Gasteiger partial charge in [0.1, 0.15) is 0 Å². The zero-order chi connectivity index (χ0) is 12.8. The van der Waals surface area contributed by atoms with Crippen LogP contribution < -0.4 is 10.6 Å². The lowest BCUT2D eigenvalue weighted by Crippen LogP contribution is -2.40. The summed E-state index contributed by atoms with van der Waals surface area (Å²) in [7, 11) is 0. The molecule has 102 valence electrons. The molecule has 4 nitrogen and oxygen atoms in total. The van der Waals surface area contributed by atoms with Crippen molar-refractivity contribution in [2.45, 2.75) is 58.2 Å². The summed E-state index contributed by atoms with van der Waals surface area (Å²) in [6.45, 7) is 7.51. The third kappa shape index (κ3) is 4.42. The Morgan fingerprint density at radius 1 is 1.56 bits per heavy atom. The topological polar surface area (TPSA) is 41.9 Å². The van der Waals surface area contributed by atoms with Crippen LogP contribution in [0.5, 0.6) is 0 Å². The lowest BCUT2D eigenvalue weighted by Gasteiger charge is -2.26. The van der Waals surface area contributed by atoms with E-state index in [1.165, 1.54) is 37.8 Å². The van der Waals surface area contributed by atoms with E-state index in [1.807, 2.05) is 10.9 Å². The molecule has 0 saturated carbocycles. The van der Waals surface area contributed by atoms with E-state index in [9.17, 15) is 0 Å². The first-order valence-electron chi connectivity index (χ1n) is 7.20. The van der Waals surface area contributed by atoms with Crippen LogP contribution in [0.3, 0.4) is 0 Å².